The standard InChI is InChI=1S/C14H16ClFN2O3/c1-17-13(20)10-6-18(5-9(10)7-19)14(21)8-2-3-12(16)11(15)4-8/h2-4,9-10,19H,5-7H2,1H3,(H,17,20)/t9-,10+/m0/s1. The van der Waals surface area contributed by atoms with E-state index in [1.165, 1.54) is 24.1 Å². The van der Waals surface area contributed by atoms with Gasteiger partial charge < -0.3 is 15.3 Å². The fourth-order valence-electron chi connectivity index (χ4n) is 2.52. The number of carbonyl (C=O) groups is 2. The maximum Gasteiger partial charge on any atom is 0.253 e. The molecule has 1 aromatic rings. The van der Waals surface area contributed by atoms with Gasteiger partial charge in [0.1, 0.15) is 5.82 Å². The van der Waals surface area contributed by atoms with Crippen molar-refractivity contribution < 1.29 is 19.1 Å². The maximum absolute atomic E-state index is 13.1. The van der Waals surface area contributed by atoms with E-state index in [4.69, 9.17) is 11.6 Å². The highest BCUT2D eigenvalue weighted by Gasteiger charge is 2.39. The molecule has 2 atom stereocenters. The number of nitrogens with one attached hydrogen (secondary N) is 1. The number of carbonyl (C=O) groups excluding carboxylic acids is 2. The minimum absolute atomic E-state index is 0.124. The predicted octanol–water partition coefficient (Wildman–Crippen LogP) is 0.906. The van der Waals surface area contributed by atoms with Crippen molar-refractivity contribution in [1.82, 2.24) is 10.2 Å². The van der Waals surface area contributed by atoms with Gasteiger partial charge in [-0.1, -0.05) is 11.6 Å². The number of amides is 2. The molecule has 0 unspecified atom stereocenters. The Morgan fingerprint density at radius 1 is 1.48 bits per heavy atom. The van der Waals surface area contributed by atoms with E-state index < -0.39 is 11.7 Å². The second kappa shape index (κ2) is 6.41. The fraction of sp³-hybridized carbons (Fsp3) is 0.429. The van der Waals surface area contributed by atoms with Crippen LogP contribution in [0.1, 0.15) is 10.4 Å². The summed E-state index contributed by atoms with van der Waals surface area (Å²) in [6, 6.07) is 3.75. The SMILES string of the molecule is CNC(=O)[C@@H]1CN(C(=O)c2ccc(F)c(Cl)c2)C[C@H]1CO. The molecule has 0 radical (unpaired) electrons. The summed E-state index contributed by atoms with van der Waals surface area (Å²) in [5.74, 6) is -1.88. The molecule has 1 aromatic carbocycles. The van der Waals surface area contributed by atoms with Crippen molar-refractivity contribution in [3.8, 4) is 0 Å². The minimum Gasteiger partial charge on any atom is -0.396 e. The van der Waals surface area contributed by atoms with Crippen LogP contribution in [-0.4, -0.2) is 48.6 Å². The summed E-state index contributed by atoms with van der Waals surface area (Å²) in [5.41, 5.74) is 0.260. The fourth-order valence-corrected chi connectivity index (χ4v) is 2.70. The molecule has 0 bridgehead atoms. The van der Waals surface area contributed by atoms with Crippen LogP contribution in [0.5, 0.6) is 0 Å². The number of hydrogen-bond donors (Lipinski definition) is 2. The van der Waals surface area contributed by atoms with Crippen molar-refractivity contribution in [2.45, 2.75) is 0 Å². The molecular formula is C14H16ClFN2O3. The van der Waals surface area contributed by atoms with E-state index in [9.17, 15) is 19.1 Å². The minimum atomic E-state index is -0.592. The summed E-state index contributed by atoms with van der Waals surface area (Å²) in [6.45, 7) is 0.327. The van der Waals surface area contributed by atoms with Gasteiger partial charge in [-0.25, -0.2) is 4.39 Å². The monoisotopic (exact) mass is 314 g/mol. The Morgan fingerprint density at radius 2 is 2.19 bits per heavy atom. The normalized spacial score (nSPS) is 21.4. The number of halogens is 2. The van der Waals surface area contributed by atoms with E-state index in [1.54, 1.807) is 0 Å². The summed E-state index contributed by atoms with van der Waals surface area (Å²) >= 11 is 5.67. The van der Waals surface area contributed by atoms with E-state index in [-0.39, 0.29) is 48.0 Å². The van der Waals surface area contributed by atoms with Gasteiger partial charge in [0.05, 0.1) is 10.9 Å². The van der Waals surface area contributed by atoms with Crippen LogP contribution in [0.2, 0.25) is 5.02 Å². The first-order valence-corrected chi connectivity index (χ1v) is 6.92. The molecule has 21 heavy (non-hydrogen) atoms. The number of aliphatic hydroxyl groups excluding tert-OH is 1. The van der Waals surface area contributed by atoms with Gasteiger partial charge in [0.2, 0.25) is 5.91 Å². The molecule has 5 nitrogen and oxygen atoms in total. The summed E-state index contributed by atoms with van der Waals surface area (Å²) in [4.78, 5) is 25.6. The lowest BCUT2D eigenvalue weighted by Crippen LogP contribution is -2.34. The Bertz CT molecular complexity index is 567. The molecule has 1 saturated heterocycles. The van der Waals surface area contributed by atoms with Crippen LogP contribution >= 0.6 is 11.6 Å². The largest absolute Gasteiger partial charge is 0.396 e. The Hall–Kier alpha value is -1.66. The molecule has 0 saturated carbocycles. The van der Waals surface area contributed by atoms with Crippen molar-refractivity contribution in [1.29, 1.82) is 0 Å². The average Bonchev–Trinajstić information content (AvgIpc) is 2.92. The topological polar surface area (TPSA) is 69.6 Å². The Balaban J connectivity index is 2.17. The van der Waals surface area contributed by atoms with Crippen LogP contribution in [0.15, 0.2) is 18.2 Å². The van der Waals surface area contributed by atoms with Gasteiger partial charge in [0.25, 0.3) is 5.91 Å². The summed E-state index contributed by atoms with van der Waals surface area (Å²) < 4.78 is 13.1. The summed E-state index contributed by atoms with van der Waals surface area (Å²) in [5, 5.41) is 11.7. The van der Waals surface area contributed by atoms with Crippen molar-refractivity contribution in [2.24, 2.45) is 11.8 Å². The van der Waals surface area contributed by atoms with Crippen LogP contribution in [0.4, 0.5) is 4.39 Å². The molecule has 7 heteroatoms. The van der Waals surface area contributed by atoms with Crippen LogP contribution in [0, 0.1) is 17.7 Å². The van der Waals surface area contributed by atoms with Crippen molar-refractivity contribution in [2.75, 3.05) is 26.7 Å². The average molecular weight is 315 g/mol. The summed E-state index contributed by atoms with van der Waals surface area (Å²) in [6.07, 6.45) is 0. The van der Waals surface area contributed by atoms with E-state index in [0.29, 0.717) is 0 Å². The third-order valence-corrected chi connectivity index (χ3v) is 4.00. The zero-order valence-corrected chi connectivity index (χ0v) is 12.2. The van der Waals surface area contributed by atoms with Crippen LogP contribution in [-0.2, 0) is 4.79 Å². The second-order valence-corrected chi connectivity index (χ2v) is 5.41. The number of likely N-dealkylation sites (tertiary alicyclic amines) is 1. The lowest BCUT2D eigenvalue weighted by Gasteiger charge is -2.16. The third kappa shape index (κ3) is 3.16. The van der Waals surface area contributed by atoms with E-state index in [0.717, 1.165) is 6.07 Å². The predicted molar refractivity (Wildman–Crippen MR) is 75.4 cm³/mol. The number of hydrogen-bond acceptors (Lipinski definition) is 3. The molecule has 0 spiro atoms. The van der Waals surface area contributed by atoms with Crippen molar-refractivity contribution in [3.05, 3.63) is 34.6 Å². The van der Waals surface area contributed by atoms with Crippen LogP contribution < -0.4 is 5.32 Å². The number of aliphatic hydroxyl groups is 1. The van der Waals surface area contributed by atoms with E-state index in [1.807, 2.05) is 0 Å². The molecule has 0 aromatic heterocycles. The van der Waals surface area contributed by atoms with E-state index in [2.05, 4.69) is 5.32 Å². The molecule has 1 aliphatic heterocycles. The molecule has 2 rings (SSSR count). The number of nitrogens with zero attached hydrogens (tertiary/aromatic N) is 1. The first-order valence-electron chi connectivity index (χ1n) is 6.54. The third-order valence-electron chi connectivity index (χ3n) is 3.71. The van der Waals surface area contributed by atoms with Gasteiger partial charge in [-0.15, -0.1) is 0 Å². The van der Waals surface area contributed by atoms with E-state index >= 15 is 0 Å². The molecule has 1 aliphatic rings. The molecule has 2 N–H and O–H groups in total. The molecule has 1 heterocycles. The van der Waals surface area contributed by atoms with Crippen molar-refractivity contribution >= 4 is 23.4 Å². The quantitative estimate of drug-likeness (QED) is 0.871. The van der Waals surface area contributed by atoms with Crippen LogP contribution in [0.3, 0.4) is 0 Å². The zero-order chi connectivity index (χ0) is 15.6. The highest BCUT2D eigenvalue weighted by atomic mass is 35.5. The molecule has 0 aliphatic carbocycles. The summed E-state index contributed by atoms with van der Waals surface area (Å²) in [7, 11) is 1.51. The first-order chi connectivity index (χ1) is 9.97. The van der Waals surface area contributed by atoms with Gasteiger partial charge in [-0.2, -0.15) is 0 Å². The zero-order valence-electron chi connectivity index (χ0n) is 11.5. The van der Waals surface area contributed by atoms with Gasteiger partial charge in [-0.05, 0) is 18.2 Å². The Morgan fingerprint density at radius 3 is 2.76 bits per heavy atom. The molecule has 114 valence electrons. The van der Waals surface area contributed by atoms with Gasteiger partial charge in [-0.3, -0.25) is 9.59 Å². The lowest BCUT2D eigenvalue weighted by atomic mass is 9.96. The lowest BCUT2D eigenvalue weighted by molar-refractivity contribution is -0.125. The highest BCUT2D eigenvalue weighted by Crippen LogP contribution is 2.26. The first kappa shape index (κ1) is 15.7. The molecule has 1 fully saturated rings. The van der Waals surface area contributed by atoms with Crippen molar-refractivity contribution in [3.63, 3.8) is 0 Å². The number of rotatable bonds is 3. The molecule has 2 amide bonds. The van der Waals surface area contributed by atoms with Gasteiger partial charge >= 0.3 is 0 Å². The van der Waals surface area contributed by atoms with Gasteiger partial charge in [0, 0.05) is 38.2 Å². The number of benzene rings is 1. The Kier molecular flexibility index (Phi) is 4.80. The Labute approximate surface area is 126 Å². The van der Waals surface area contributed by atoms with Crippen LogP contribution in [0.25, 0.3) is 0 Å². The smallest absolute Gasteiger partial charge is 0.253 e. The highest BCUT2D eigenvalue weighted by molar-refractivity contribution is 6.31. The maximum atomic E-state index is 13.1. The van der Waals surface area contributed by atoms with Gasteiger partial charge in [0.15, 0.2) is 0 Å². The second-order valence-electron chi connectivity index (χ2n) is 5.00. The molecular weight excluding hydrogens is 299 g/mol.